The van der Waals surface area contributed by atoms with Crippen molar-refractivity contribution >= 4 is 22.9 Å². The van der Waals surface area contributed by atoms with Crippen LogP contribution in [0, 0.1) is 12.7 Å². The van der Waals surface area contributed by atoms with Crippen LogP contribution in [-0.2, 0) is 4.79 Å². The summed E-state index contributed by atoms with van der Waals surface area (Å²) < 4.78 is 18.4. The third kappa shape index (κ3) is 3.61. The van der Waals surface area contributed by atoms with Gasteiger partial charge in [0.2, 0.25) is 0 Å². The highest BCUT2D eigenvalue weighted by Gasteiger charge is 2.07. The predicted molar refractivity (Wildman–Crippen MR) is 87.5 cm³/mol. The average Bonchev–Trinajstić information content (AvgIpc) is 2.54. The number of esters is 1. The molecule has 114 valence electrons. The Hall–Kier alpha value is -3.01. The van der Waals surface area contributed by atoms with Crippen molar-refractivity contribution in [2.45, 2.75) is 6.92 Å². The first-order chi connectivity index (χ1) is 11.1. The Morgan fingerprint density at radius 3 is 2.78 bits per heavy atom. The van der Waals surface area contributed by atoms with Gasteiger partial charge in [0, 0.05) is 17.2 Å². The quantitative estimate of drug-likeness (QED) is 0.411. The van der Waals surface area contributed by atoms with Crippen molar-refractivity contribution in [2.75, 3.05) is 0 Å². The van der Waals surface area contributed by atoms with Crippen molar-refractivity contribution in [1.29, 1.82) is 0 Å². The van der Waals surface area contributed by atoms with Crippen LogP contribution in [0.4, 0.5) is 4.39 Å². The van der Waals surface area contributed by atoms with Crippen molar-refractivity contribution < 1.29 is 13.9 Å². The Kier molecular flexibility index (Phi) is 4.15. The van der Waals surface area contributed by atoms with Gasteiger partial charge in [0.1, 0.15) is 11.3 Å². The number of fused-ring (bicyclic) bond motifs is 1. The molecule has 0 unspecified atom stereocenters. The van der Waals surface area contributed by atoms with E-state index in [0.717, 1.165) is 11.1 Å². The minimum absolute atomic E-state index is 0.353. The molecule has 0 N–H and O–H groups in total. The maximum Gasteiger partial charge on any atom is 0.336 e. The lowest BCUT2D eigenvalue weighted by Gasteiger charge is -2.06. The van der Waals surface area contributed by atoms with Gasteiger partial charge in [0.15, 0.2) is 5.75 Å². The number of hydrogen-bond donors (Lipinski definition) is 0. The second-order valence-corrected chi connectivity index (χ2v) is 5.09. The summed E-state index contributed by atoms with van der Waals surface area (Å²) in [6.45, 7) is 1.88. The van der Waals surface area contributed by atoms with Crippen molar-refractivity contribution in [1.82, 2.24) is 4.98 Å². The second kappa shape index (κ2) is 6.40. The Morgan fingerprint density at radius 1 is 1.13 bits per heavy atom. The molecule has 0 fully saturated rings. The number of pyridine rings is 1. The lowest BCUT2D eigenvalue weighted by molar-refractivity contribution is -0.128. The van der Waals surface area contributed by atoms with Crippen LogP contribution in [0.2, 0.25) is 0 Å². The zero-order chi connectivity index (χ0) is 16.2. The van der Waals surface area contributed by atoms with Crippen LogP contribution < -0.4 is 4.74 Å². The first-order valence-corrected chi connectivity index (χ1v) is 7.14. The second-order valence-electron chi connectivity index (χ2n) is 5.09. The number of benzene rings is 2. The zero-order valence-electron chi connectivity index (χ0n) is 12.5. The topological polar surface area (TPSA) is 39.2 Å². The highest BCUT2D eigenvalue weighted by molar-refractivity contribution is 5.92. The SMILES string of the molecule is Cc1ccc2cccc(OC(=O)C=Cc3cccc(F)c3)c2n1. The van der Waals surface area contributed by atoms with E-state index >= 15 is 0 Å². The monoisotopic (exact) mass is 307 g/mol. The summed E-state index contributed by atoms with van der Waals surface area (Å²) in [6.07, 6.45) is 2.78. The third-order valence-corrected chi connectivity index (χ3v) is 3.29. The molecule has 0 aliphatic rings. The molecule has 0 saturated carbocycles. The van der Waals surface area contributed by atoms with Gasteiger partial charge in [0.25, 0.3) is 0 Å². The average molecular weight is 307 g/mol. The Labute approximate surface area is 133 Å². The molecule has 0 atom stereocenters. The van der Waals surface area contributed by atoms with Crippen LogP contribution in [0.15, 0.2) is 60.7 Å². The molecule has 2 aromatic carbocycles. The fraction of sp³-hybridized carbons (Fsp3) is 0.0526. The molecule has 0 bridgehead atoms. The van der Waals surface area contributed by atoms with E-state index < -0.39 is 5.97 Å². The summed E-state index contributed by atoms with van der Waals surface area (Å²) >= 11 is 0. The number of para-hydroxylation sites is 1. The zero-order valence-corrected chi connectivity index (χ0v) is 12.5. The number of aromatic nitrogens is 1. The van der Waals surface area contributed by atoms with Crippen molar-refractivity contribution in [2.24, 2.45) is 0 Å². The Balaban J connectivity index is 1.82. The number of carbonyl (C=O) groups excluding carboxylic acids is 1. The summed E-state index contributed by atoms with van der Waals surface area (Å²) in [4.78, 5) is 16.4. The van der Waals surface area contributed by atoms with E-state index in [4.69, 9.17) is 4.74 Å². The van der Waals surface area contributed by atoms with Crippen LogP contribution in [0.1, 0.15) is 11.3 Å². The van der Waals surface area contributed by atoms with Gasteiger partial charge in [-0.1, -0.05) is 30.3 Å². The van der Waals surface area contributed by atoms with Crippen LogP contribution in [0.5, 0.6) is 5.75 Å². The molecule has 0 aliphatic heterocycles. The third-order valence-electron chi connectivity index (χ3n) is 3.29. The van der Waals surface area contributed by atoms with Gasteiger partial charge < -0.3 is 4.74 Å². The summed E-state index contributed by atoms with van der Waals surface area (Å²) in [6, 6.07) is 15.2. The van der Waals surface area contributed by atoms with E-state index in [9.17, 15) is 9.18 Å². The number of hydrogen-bond acceptors (Lipinski definition) is 3. The molecule has 3 rings (SSSR count). The summed E-state index contributed by atoms with van der Waals surface area (Å²) in [7, 11) is 0. The molecule has 1 heterocycles. The molecule has 3 aromatic rings. The van der Waals surface area contributed by atoms with Gasteiger partial charge in [0.05, 0.1) is 0 Å². The summed E-state index contributed by atoms with van der Waals surface area (Å²) in [5, 5.41) is 0.898. The van der Waals surface area contributed by atoms with E-state index in [0.29, 0.717) is 16.8 Å². The van der Waals surface area contributed by atoms with Gasteiger partial charge in [-0.25, -0.2) is 14.2 Å². The fourth-order valence-electron chi connectivity index (χ4n) is 2.22. The number of rotatable bonds is 3. The number of ether oxygens (including phenoxy) is 1. The molecule has 0 amide bonds. The van der Waals surface area contributed by atoms with Crippen LogP contribution >= 0.6 is 0 Å². The fourth-order valence-corrected chi connectivity index (χ4v) is 2.22. The van der Waals surface area contributed by atoms with E-state index in [1.54, 1.807) is 24.3 Å². The highest BCUT2D eigenvalue weighted by Crippen LogP contribution is 2.24. The molecule has 0 aliphatic carbocycles. The largest absolute Gasteiger partial charge is 0.421 e. The van der Waals surface area contributed by atoms with Gasteiger partial charge >= 0.3 is 5.97 Å². The molecule has 3 nitrogen and oxygen atoms in total. The lowest BCUT2D eigenvalue weighted by atomic mass is 10.2. The molecule has 0 saturated heterocycles. The Morgan fingerprint density at radius 2 is 1.96 bits per heavy atom. The minimum atomic E-state index is -0.537. The molecular formula is C19H14FNO2. The van der Waals surface area contributed by atoms with Crippen LogP contribution in [-0.4, -0.2) is 11.0 Å². The van der Waals surface area contributed by atoms with E-state index in [2.05, 4.69) is 4.98 Å². The van der Waals surface area contributed by atoms with Crippen LogP contribution in [0.25, 0.3) is 17.0 Å². The van der Waals surface area contributed by atoms with Crippen molar-refractivity contribution in [3.63, 3.8) is 0 Å². The molecule has 0 radical (unpaired) electrons. The molecule has 4 heteroatoms. The van der Waals surface area contributed by atoms with Crippen molar-refractivity contribution in [3.8, 4) is 5.75 Å². The highest BCUT2D eigenvalue weighted by atomic mass is 19.1. The minimum Gasteiger partial charge on any atom is -0.421 e. The van der Waals surface area contributed by atoms with Gasteiger partial charge in [-0.15, -0.1) is 0 Å². The number of carbonyl (C=O) groups is 1. The van der Waals surface area contributed by atoms with Crippen molar-refractivity contribution in [3.05, 3.63) is 77.7 Å². The molecule has 0 spiro atoms. The van der Waals surface area contributed by atoms with Gasteiger partial charge in [-0.2, -0.15) is 0 Å². The molecule has 1 aromatic heterocycles. The first kappa shape index (κ1) is 14.9. The number of halogens is 1. The standard InChI is InChI=1S/C19H14FNO2/c1-13-8-10-15-5-3-7-17(19(15)21-13)23-18(22)11-9-14-4-2-6-16(20)12-14/h2-12H,1H3. The normalized spacial score (nSPS) is 11.0. The summed E-state index contributed by atoms with van der Waals surface area (Å²) in [5.74, 6) is -0.487. The van der Waals surface area contributed by atoms with E-state index in [1.807, 2.05) is 25.1 Å². The smallest absolute Gasteiger partial charge is 0.336 e. The van der Waals surface area contributed by atoms with E-state index in [-0.39, 0.29) is 5.82 Å². The number of nitrogens with zero attached hydrogens (tertiary/aromatic N) is 1. The molecule has 23 heavy (non-hydrogen) atoms. The Bertz CT molecular complexity index is 903. The van der Waals surface area contributed by atoms with Gasteiger partial charge in [-0.05, 0) is 42.8 Å². The maximum atomic E-state index is 13.1. The van der Waals surface area contributed by atoms with Gasteiger partial charge in [-0.3, -0.25) is 0 Å². The van der Waals surface area contributed by atoms with Crippen LogP contribution in [0.3, 0.4) is 0 Å². The maximum absolute atomic E-state index is 13.1. The predicted octanol–water partition coefficient (Wildman–Crippen LogP) is 4.30. The number of aryl methyl sites for hydroxylation is 1. The lowest BCUT2D eigenvalue weighted by Crippen LogP contribution is -2.04. The molecular weight excluding hydrogens is 293 g/mol. The first-order valence-electron chi connectivity index (χ1n) is 7.14. The van der Waals surface area contributed by atoms with E-state index in [1.165, 1.54) is 24.3 Å². The summed E-state index contributed by atoms with van der Waals surface area (Å²) in [5.41, 5.74) is 2.07.